The van der Waals surface area contributed by atoms with Gasteiger partial charge in [-0.3, -0.25) is 9.59 Å². The summed E-state index contributed by atoms with van der Waals surface area (Å²) in [6, 6.07) is -0.217. The quantitative estimate of drug-likeness (QED) is 0.805. The Kier molecular flexibility index (Phi) is 6.68. The first kappa shape index (κ1) is 19.2. The van der Waals surface area contributed by atoms with Crippen LogP contribution in [0.5, 0.6) is 0 Å². The number of hydrogen-bond acceptors (Lipinski definition) is 3. The predicted molar refractivity (Wildman–Crippen MR) is 89.8 cm³/mol. The second-order valence-corrected chi connectivity index (χ2v) is 7.67. The van der Waals surface area contributed by atoms with Gasteiger partial charge in [-0.2, -0.15) is 0 Å². The molecule has 22 heavy (non-hydrogen) atoms. The molecule has 2 fully saturated rings. The smallest absolute Gasteiger partial charge is 0.243 e. The van der Waals surface area contributed by atoms with Crippen molar-refractivity contribution in [3.63, 3.8) is 0 Å². The van der Waals surface area contributed by atoms with Gasteiger partial charge in [0.15, 0.2) is 0 Å². The Balaban J connectivity index is 0.00000242. The number of nitrogens with two attached hydrogens (primary N) is 1. The highest BCUT2D eigenvalue weighted by Crippen LogP contribution is 2.32. The topological polar surface area (TPSA) is 75.4 Å². The molecule has 1 saturated carbocycles. The van der Waals surface area contributed by atoms with E-state index in [2.05, 4.69) is 5.32 Å². The molecule has 1 saturated heterocycles. The first-order valence-corrected chi connectivity index (χ1v) is 8.12. The van der Waals surface area contributed by atoms with Crippen LogP contribution in [-0.4, -0.2) is 41.9 Å². The van der Waals surface area contributed by atoms with Crippen molar-refractivity contribution in [1.82, 2.24) is 10.2 Å². The largest absolute Gasteiger partial charge is 0.350 e. The first-order chi connectivity index (χ1) is 9.81. The summed E-state index contributed by atoms with van der Waals surface area (Å²) >= 11 is 0. The fourth-order valence-electron chi connectivity index (χ4n) is 3.04. The standard InChI is InChI=1S/C16H29N3O2.ClH/c1-16(2,3)9-14(20)19-8-4-5-13(19)15(21)18-12(10-17)11-6-7-11;/h11-13H,4-10,17H2,1-3H3,(H,18,21);1H. The third-order valence-corrected chi connectivity index (χ3v) is 4.33. The van der Waals surface area contributed by atoms with Gasteiger partial charge in [0.1, 0.15) is 6.04 Å². The highest BCUT2D eigenvalue weighted by Gasteiger charge is 2.38. The van der Waals surface area contributed by atoms with Crippen LogP contribution in [0.4, 0.5) is 0 Å². The Hall–Kier alpha value is -0.810. The lowest BCUT2D eigenvalue weighted by molar-refractivity contribution is -0.140. The molecule has 1 aliphatic heterocycles. The molecule has 5 nitrogen and oxygen atoms in total. The van der Waals surface area contributed by atoms with E-state index in [-0.39, 0.29) is 41.7 Å². The molecule has 128 valence electrons. The molecule has 0 aromatic heterocycles. The van der Waals surface area contributed by atoms with Crippen molar-refractivity contribution < 1.29 is 9.59 Å². The van der Waals surface area contributed by atoms with Gasteiger partial charge in [0.05, 0.1) is 0 Å². The number of hydrogen-bond donors (Lipinski definition) is 2. The Morgan fingerprint density at radius 3 is 2.41 bits per heavy atom. The van der Waals surface area contributed by atoms with Crippen molar-refractivity contribution >= 4 is 24.2 Å². The monoisotopic (exact) mass is 331 g/mol. The lowest BCUT2D eigenvalue weighted by Gasteiger charge is -2.28. The van der Waals surface area contributed by atoms with E-state index in [0.717, 1.165) is 25.7 Å². The number of rotatable bonds is 5. The lowest BCUT2D eigenvalue weighted by atomic mass is 9.91. The molecule has 2 rings (SSSR count). The van der Waals surface area contributed by atoms with Crippen molar-refractivity contribution in [2.24, 2.45) is 17.1 Å². The summed E-state index contributed by atoms with van der Waals surface area (Å²) in [4.78, 5) is 26.6. The Morgan fingerprint density at radius 1 is 1.27 bits per heavy atom. The molecule has 0 aromatic carbocycles. The summed E-state index contributed by atoms with van der Waals surface area (Å²) in [5, 5.41) is 3.06. The van der Waals surface area contributed by atoms with Crippen LogP contribution in [0.1, 0.15) is 52.9 Å². The summed E-state index contributed by atoms with van der Waals surface area (Å²) in [6.07, 6.45) is 4.47. The molecule has 6 heteroatoms. The van der Waals surface area contributed by atoms with E-state index in [4.69, 9.17) is 5.73 Å². The zero-order chi connectivity index (χ0) is 15.6. The van der Waals surface area contributed by atoms with Crippen molar-refractivity contribution in [1.29, 1.82) is 0 Å². The average molecular weight is 332 g/mol. The van der Waals surface area contributed by atoms with Crippen LogP contribution >= 0.6 is 12.4 Å². The van der Waals surface area contributed by atoms with Crippen molar-refractivity contribution in [3.05, 3.63) is 0 Å². The van der Waals surface area contributed by atoms with E-state index in [1.807, 2.05) is 20.8 Å². The first-order valence-electron chi connectivity index (χ1n) is 8.12. The van der Waals surface area contributed by atoms with Gasteiger partial charge in [0.25, 0.3) is 0 Å². The van der Waals surface area contributed by atoms with Gasteiger partial charge < -0.3 is 16.0 Å². The fourth-order valence-corrected chi connectivity index (χ4v) is 3.04. The number of likely N-dealkylation sites (tertiary alicyclic amines) is 1. The minimum atomic E-state index is -0.298. The van der Waals surface area contributed by atoms with E-state index in [9.17, 15) is 9.59 Å². The molecule has 1 heterocycles. The van der Waals surface area contributed by atoms with Crippen LogP contribution in [0.3, 0.4) is 0 Å². The second-order valence-electron chi connectivity index (χ2n) is 7.67. The van der Waals surface area contributed by atoms with Crippen molar-refractivity contribution in [2.45, 2.75) is 65.0 Å². The second kappa shape index (κ2) is 7.64. The lowest BCUT2D eigenvalue weighted by Crippen LogP contribution is -2.51. The highest BCUT2D eigenvalue weighted by molar-refractivity contribution is 5.88. The van der Waals surface area contributed by atoms with E-state index in [0.29, 0.717) is 25.4 Å². The van der Waals surface area contributed by atoms with Crippen LogP contribution < -0.4 is 11.1 Å². The third-order valence-electron chi connectivity index (χ3n) is 4.33. The van der Waals surface area contributed by atoms with E-state index in [1.54, 1.807) is 4.90 Å². The Labute approximate surface area is 139 Å². The van der Waals surface area contributed by atoms with Crippen molar-refractivity contribution in [2.75, 3.05) is 13.1 Å². The maximum absolute atomic E-state index is 12.5. The zero-order valence-corrected chi connectivity index (χ0v) is 14.7. The van der Waals surface area contributed by atoms with Gasteiger partial charge >= 0.3 is 0 Å². The highest BCUT2D eigenvalue weighted by atomic mass is 35.5. The summed E-state index contributed by atoms with van der Waals surface area (Å²) in [5.41, 5.74) is 5.70. The fraction of sp³-hybridized carbons (Fsp3) is 0.875. The summed E-state index contributed by atoms with van der Waals surface area (Å²) in [6.45, 7) is 7.33. The molecule has 2 unspecified atom stereocenters. The zero-order valence-electron chi connectivity index (χ0n) is 13.9. The molecule has 0 aromatic rings. The number of halogens is 1. The van der Waals surface area contributed by atoms with Crippen LogP contribution in [0.2, 0.25) is 0 Å². The number of carbonyl (C=O) groups excluding carboxylic acids is 2. The maximum atomic E-state index is 12.5. The van der Waals surface area contributed by atoms with Gasteiger partial charge in [-0.1, -0.05) is 20.8 Å². The van der Waals surface area contributed by atoms with Gasteiger partial charge in [-0.15, -0.1) is 12.4 Å². The maximum Gasteiger partial charge on any atom is 0.243 e. The van der Waals surface area contributed by atoms with Crippen LogP contribution in [-0.2, 0) is 9.59 Å². The Morgan fingerprint density at radius 2 is 1.91 bits per heavy atom. The molecular weight excluding hydrogens is 302 g/mol. The number of nitrogens with one attached hydrogen (secondary N) is 1. The van der Waals surface area contributed by atoms with Crippen LogP contribution in [0.15, 0.2) is 0 Å². The third kappa shape index (κ3) is 5.13. The normalized spacial score (nSPS) is 22.9. The average Bonchev–Trinajstić information content (AvgIpc) is 3.09. The van der Waals surface area contributed by atoms with E-state index in [1.165, 1.54) is 0 Å². The Bertz CT molecular complexity index is 405. The van der Waals surface area contributed by atoms with Crippen LogP contribution in [0.25, 0.3) is 0 Å². The van der Waals surface area contributed by atoms with E-state index < -0.39 is 0 Å². The summed E-state index contributed by atoms with van der Waals surface area (Å²) in [5.74, 6) is 0.618. The minimum Gasteiger partial charge on any atom is -0.350 e. The molecule has 0 radical (unpaired) electrons. The molecule has 2 atom stereocenters. The molecule has 0 bridgehead atoms. The van der Waals surface area contributed by atoms with Gasteiger partial charge in [0.2, 0.25) is 11.8 Å². The summed E-state index contributed by atoms with van der Waals surface area (Å²) in [7, 11) is 0. The van der Waals surface area contributed by atoms with Gasteiger partial charge in [0, 0.05) is 25.6 Å². The van der Waals surface area contributed by atoms with Crippen LogP contribution in [0, 0.1) is 11.3 Å². The molecule has 0 spiro atoms. The van der Waals surface area contributed by atoms with Crippen molar-refractivity contribution in [3.8, 4) is 0 Å². The molecule has 1 aliphatic carbocycles. The number of nitrogens with zero attached hydrogens (tertiary/aromatic N) is 1. The molecule has 2 amide bonds. The molecule has 2 aliphatic rings. The number of carbonyl (C=O) groups is 2. The van der Waals surface area contributed by atoms with Gasteiger partial charge in [-0.05, 0) is 37.0 Å². The minimum absolute atomic E-state index is 0. The molecular formula is C16H30ClN3O2. The summed E-state index contributed by atoms with van der Waals surface area (Å²) < 4.78 is 0. The van der Waals surface area contributed by atoms with Gasteiger partial charge in [-0.25, -0.2) is 0 Å². The van der Waals surface area contributed by atoms with E-state index >= 15 is 0 Å². The SMILES string of the molecule is CC(C)(C)CC(=O)N1CCCC1C(=O)NC(CN)C1CC1.Cl. The predicted octanol–water partition coefficient (Wildman–Crippen LogP) is 1.69. The number of amides is 2. The molecule has 3 N–H and O–H groups in total.